The second kappa shape index (κ2) is 10.6. The number of nitriles is 1. The molecule has 0 radical (unpaired) electrons. The molecule has 0 aliphatic heterocycles. The van der Waals surface area contributed by atoms with Gasteiger partial charge in [0, 0.05) is 6.42 Å². The second-order valence-corrected chi connectivity index (χ2v) is 6.47. The number of nitrogens with one attached hydrogen (secondary N) is 1. The average Bonchev–Trinajstić information content (AvgIpc) is 2.78. The fourth-order valence-electron chi connectivity index (χ4n) is 2.75. The Bertz CT molecular complexity index is 963. The molecule has 1 amide bonds. The van der Waals surface area contributed by atoms with Crippen LogP contribution in [0.15, 0.2) is 78.9 Å². The number of amides is 1. The van der Waals surface area contributed by atoms with Gasteiger partial charge in [-0.25, -0.2) is 5.48 Å². The van der Waals surface area contributed by atoms with Gasteiger partial charge >= 0.3 is 0 Å². The Kier molecular flexibility index (Phi) is 7.39. The van der Waals surface area contributed by atoms with Crippen LogP contribution in [0.3, 0.4) is 0 Å². The third kappa shape index (κ3) is 6.49. The third-order valence-corrected chi connectivity index (χ3v) is 4.27. The summed E-state index contributed by atoms with van der Waals surface area (Å²) in [7, 11) is 0. The lowest BCUT2D eigenvalue weighted by Crippen LogP contribution is -2.23. The van der Waals surface area contributed by atoms with E-state index in [1.54, 1.807) is 12.1 Å². The third-order valence-electron chi connectivity index (χ3n) is 4.27. The van der Waals surface area contributed by atoms with Crippen molar-refractivity contribution in [3.8, 4) is 22.9 Å². The summed E-state index contributed by atoms with van der Waals surface area (Å²) in [5.74, 6) is 0.573. The summed E-state index contributed by atoms with van der Waals surface area (Å²) in [6.45, 7) is 0.772. The van der Waals surface area contributed by atoms with Crippen molar-refractivity contribution in [1.29, 1.82) is 5.26 Å². The first-order valence-electron chi connectivity index (χ1n) is 9.42. The van der Waals surface area contributed by atoms with E-state index in [0.29, 0.717) is 31.6 Å². The van der Waals surface area contributed by atoms with E-state index in [0.717, 1.165) is 22.4 Å². The molecule has 5 nitrogen and oxygen atoms in total. The van der Waals surface area contributed by atoms with Crippen LogP contribution in [0.4, 0.5) is 0 Å². The fourth-order valence-corrected chi connectivity index (χ4v) is 2.75. The van der Waals surface area contributed by atoms with Crippen molar-refractivity contribution >= 4 is 5.91 Å². The Morgan fingerprint density at radius 1 is 0.931 bits per heavy atom. The van der Waals surface area contributed by atoms with Gasteiger partial charge < -0.3 is 4.74 Å². The minimum Gasteiger partial charge on any atom is -0.494 e. The van der Waals surface area contributed by atoms with Crippen molar-refractivity contribution in [2.75, 3.05) is 6.61 Å². The number of benzene rings is 3. The van der Waals surface area contributed by atoms with Crippen molar-refractivity contribution in [3.63, 3.8) is 0 Å². The lowest BCUT2D eigenvalue weighted by molar-refractivity contribution is -0.134. The fraction of sp³-hybridized carbons (Fsp3) is 0.167. The molecular formula is C24H22N2O3. The van der Waals surface area contributed by atoms with Gasteiger partial charge in [-0.3, -0.25) is 9.63 Å². The zero-order valence-corrected chi connectivity index (χ0v) is 16.0. The van der Waals surface area contributed by atoms with Crippen LogP contribution in [0.1, 0.15) is 24.0 Å². The molecule has 0 aromatic heterocycles. The zero-order chi connectivity index (χ0) is 20.3. The molecule has 0 bridgehead atoms. The number of carbonyl (C=O) groups is 1. The lowest BCUT2D eigenvalue weighted by Gasteiger charge is -2.09. The first-order valence-corrected chi connectivity index (χ1v) is 9.42. The number of hydroxylamine groups is 1. The standard InChI is InChI=1S/C24H22N2O3/c25-17-19-11-13-21(14-12-19)22-8-4-9-23(16-22)28-15-5-10-24(27)26-29-18-20-6-2-1-3-7-20/h1-4,6-9,11-14,16H,5,10,15,18H2,(H,26,27). The number of rotatable bonds is 9. The van der Waals surface area contributed by atoms with Crippen molar-refractivity contribution < 1.29 is 14.4 Å². The highest BCUT2D eigenvalue weighted by Gasteiger charge is 2.04. The van der Waals surface area contributed by atoms with Crippen LogP contribution in [-0.4, -0.2) is 12.5 Å². The summed E-state index contributed by atoms with van der Waals surface area (Å²) in [6, 6.07) is 26.9. The Balaban J connectivity index is 1.39. The van der Waals surface area contributed by atoms with Crippen molar-refractivity contribution in [2.24, 2.45) is 0 Å². The minimum atomic E-state index is -0.170. The summed E-state index contributed by atoms with van der Waals surface area (Å²) in [6.07, 6.45) is 0.908. The Hall–Kier alpha value is -3.62. The summed E-state index contributed by atoms with van der Waals surface area (Å²) in [5.41, 5.74) is 6.11. The molecule has 0 fully saturated rings. The molecule has 1 N–H and O–H groups in total. The SMILES string of the molecule is N#Cc1ccc(-c2cccc(OCCCC(=O)NOCc3ccccc3)c2)cc1. The molecule has 0 atom stereocenters. The van der Waals surface area contributed by atoms with Crippen molar-refractivity contribution in [2.45, 2.75) is 19.4 Å². The Labute approximate surface area is 170 Å². The summed E-state index contributed by atoms with van der Waals surface area (Å²) >= 11 is 0. The lowest BCUT2D eigenvalue weighted by atomic mass is 10.0. The van der Waals surface area contributed by atoms with E-state index < -0.39 is 0 Å². The largest absolute Gasteiger partial charge is 0.494 e. The van der Waals surface area contributed by atoms with Gasteiger partial charge in [0.2, 0.25) is 5.91 Å². The molecule has 0 saturated heterocycles. The molecule has 0 aliphatic carbocycles. The summed E-state index contributed by atoms with van der Waals surface area (Å²) in [4.78, 5) is 17.0. The average molecular weight is 386 g/mol. The van der Waals surface area contributed by atoms with E-state index in [1.807, 2.05) is 66.7 Å². The van der Waals surface area contributed by atoms with Gasteiger partial charge in [0.05, 0.1) is 24.8 Å². The molecule has 0 spiro atoms. The Morgan fingerprint density at radius 3 is 2.48 bits per heavy atom. The maximum absolute atomic E-state index is 11.8. The van der Waals surface area contributed by atoms with Crippen molar-refractivity contribution in [1.82, 2.24) is 5.48 Å². The number of ether oxygens (including phenoxy) is 1. The van der Waals surface area contributed by atoms with Gasteiger partial charge in [-0.15, -0.1) is 0 Å². The minimum absolute atomic E-state index is 0.170. The van der Waals surface area contributed by atoms with Gasteiger partial charge in [0.25, 0.3) is 0 Å². The molecular weight excluding hydrogens is 364 g/mol. The molecule has 3 aromatic rings. The molecule has 0 aliphatic rings. The topological polar surface area (TPSA) is 71.3 Å². The monoisotopic (exact) mass is 386 g/mol. The van der Waals surface area contributed by atoms with Crippen LogP contribution >= 0.6 is 0 Å². The highest BCUT2D eigenvalue weighted by Crippen LogP contribution is 2.24. The zero-order valence-electron chi connectivity index (χ0n) is 16.0. The Morgan fingerprint density at radius 2 is 1.72 bits per heavy atom. The summed E-state index contributed by atoms with van der Waals surface area (Å²) in [5, 5.41) is 8.90. The number of carbonyl (C=O) groups excluding carboxylic acids is 1. The normalized spacial score (nSPS) is 10.2. The highest BCUT2D eigenvalue weighted by atomic mass is 16.6. The van der Waals surface area contributed by atoms with E-state index in [2.05, 4.69) is 11.5 Å². The van der Waals surface area contributed by atoms with Gasteiger partial charge in [-0.2, -0.15) is 5.26 Å². The molecule has 5 heteroatoms. The van der Waals surface area contributed by atoms with Crippen molar-refractivity contribution in [3.05, 3.63) is 90.0 Å². The molecule has 0 saturated carbocycles. The first-order chi connectivity index (χ1) is 14.2. The molecule has 146 valence electrons. The predicted molar refractivity (Wildman–Crippen MR) is 111 cm³/mol. The molecule has 0 unspecified atom stereocenters. The smallest absolute Gasteiger partial charge is 0.243 e. The predicted octanol–water partition coefficient (Wildman–Crippen LogP) is 4.63. The van der Waals surface area contributed by atoms with Crippen LogP contribution < -0.4 is 10.2 Å². The maximum Gasteiger partial charge on any atom is 0.243 e. The van der Waals surface area contributed by atoms with Crippen LogP contribution in [0.2, 0.25) is 0 Å². The maximum atomic E-state index is 11.8. The summed E-state index contributed by atoms with van der Waals surface area (Å²) < 4.78 is 5.76. The quantitative estimate of drug-likeness (QED) is 0.430. The van der Waals surface area contributed by atoms with Crippen LogP contribution in [-0.2, 0) is 16.2 Å². The molecule has 29 heavy (non-hydrogen) atoms. The van der Waals surface area contributed by atoms with Crippen LogP contribution in [0.5, 0.6) is 5.75 Å². The molecule has 0 heterocycles. The number of nitrogens with zero attached hydrogens (tertiary/aromatic N) is 1. The van der Waals surface area contributed by atoms with E-state index in [-0.39, 0.29) is 5.91 Å². The number of hydrogen-bond donors (Lipinski definition) is 1. The van der Waals surface area contributed by atoms with Crippen LogP contribution in [0.25, 0.3) is 11.1 Å². The van der Waals surface area contributed by atoms with E-state index in [9.17, 15) is 4.79 Å². The first kappa shape index (κ1) is 20.1. The van der Waals surface area contributed by atoms with Gasteiger partial charge in [-0.05, 0) is 47.4 Å². The second-order valence-electron chi connectivity index (χ2n) is 6.47. The van der Waals surface area contributed by atoms with Crippen LogP contribution in [0, 0.1) is 11.3 Å². The van der Waals surface area contributed by atoms with Gasteiger partial charge in [0.15, 0.2) is 0 Å². The molecule has 3 aromatic carbocycles. The molecule has 3 rings (SSSR count). The van der Waals surface area contributed by atoms with Gasteiger partial charge in [-0.1, -0.05) is 54.6 Å². The number of hydrogen-bond acceptors (Lipinski definition) is 4. The van der Waals surface area contributed by atoms with Gasteiger partial charge in [0.1, 0.15) is 5.75 Å². The van der Waals surface area contributed by atoms with E-state index in [1.165, 1.54) is 0 Å². The highest BCUT2D eigenvalue weighted by molar-refractivity contribution is 5.74. The van der Waals surface area contributed by atoms with E-state index in [4.69, 9.17) is 14.8 Å². The van der Waals surface area contributed by atoms with E-state index >= 15 is 0 Å².